The average molecular weight is 518 g/mol. The number of likely N-dealkylation sites (tertiary alicyclic amines) is 1. The first kappa shape index (κ1) is 21.7. The average Bonchev–Trinajstić information content (AvgIpc) is 3.33. The van der Waals surface area contributed by atoms with Gasteiger partial charge in [0.2, 0.25) is 5.72 Å². The lowest BCUT2D eigenvalue weighted by Gasteiger charge is -2.51. The van der Waals surface area contributed by atoms with Crippen LogP contribution in [0.15, 0.2) is 82.4 Å². The number of benzene rings is 3. The van der Waals surface area contributed by atoms with E-state index in [-0.39, 0.29) is 6.04 Å². The van der Waals surface area contributed by atoms with Gasteiger partial charge in [-0.25, -0.2) is 5.01 Å². The number of hydrazone groups is 1. The Morgan fingerprint density at radius 1 is 1.03 bits per heavy atom. The van der Waals surface area contributed by atoms with Gasteiger partial charge in [0.05, 0.1) is 18.9 Å². The van der Waals surface area contributed by atoms with E-state index >= 15 is 0 Å². The Labute approximate surface area is 209 Å². The number of ether oxygens (including phenoxy) is 2. The molecule has 3 aliphatic heterocycles. The molecule has 0 amide bonds. The second kappa shape index (κ2) is 8.75. The highest BCUT2D eigenvalue weighted by Gasteiger charge is 2.52. The van der Waals surface area contributed by atoms with Crippen molar-refractivity contribution in [2.24, 2.45) is 5.10 Å². The molecule has 1 spiro atoms. The molecule has 5 nitrogen and oxygen atoms in total. The predicted molar refractivity (Wildman–Crippen MR) is 137 cm³/mol. The number of halogens is 1. The molecule has 1 atom stereocenters. The Balaban J connectivity index is 1.33. The Morgan fingerprint density at radius 2 is 1.79 bits per heavy atom. The number of methoxy groups -OCH3 is 1. The fourth-order valence-corrected chi connectivity index (χ4v) is 5.91. The second-order valence-electron chi connectivity index (χ2n) is 9.30. The number of fused-ring (bicyclic) bond motifs is 4. The van der Waals surface area contributed by atoms with E-state index in [2.05, 4.69) is 86.5 Å². The summed E-state index contributed by atoms with van der Waals surface area (Å²) >= 11 is 3.66. The highest BCUT2D eigenvalue weighted by Crippen LogP contribution is 2.51. The minimum Gasteiger partial charge on any atom is -0.496 e. The van der Waals surface area contributed by atoms with E-state index in [1.807, 2.05) is 12.1 Å². The molecule has 0 aliphatic carbocycles. The number of nitrogens with zero attached hydrogens (tertiary/aromatic N) is 3. The van der Waals surface area contributed by atoms with Crippen molar-refractivity contribution in [2.45, 2.75) is 37.6 Å². The minimum atomic E-state index is -0.428. The van der Waals surface area contributed by atoms with Gasteiger partial charge in [0, 0.05) is 54.5 Å². The van der Waals surface area contributed by atoms with E-state index in [0.29, 0.717) is 0 Å². The van der Waals surface area contributed by atoms with E-state index in [0.717, 1.165) is 66.1 Å². The largest absolute Gasteiger partial charge is 0.496 e. The highest BCUT2D eigenvalue weighted by molar-refractivity contribution is 9.10. The molecule has 0 aromatic heterocycles. The monoisotopic (exact) mass is 517 g/mol. The molecule has 0 bridgehead atoms. The topological polar surface area (TPSA) is 37.3 Å². The van der Waals surface area contributed by atoms with E-state index < -0.39 is 5.72 Å². The first-order valence-corrected chi connectivity index (χ1v) is 12.7. The van der Waals surface area contributed by atoms with Gasteiger partial charge in [-0.1, -0.05) is 58.4 Å². The van der Waals surface area contributed by atoms with Gasteiger partial charge in [-0.2, -0.15) is 5.10 Å². The van der Waals surface area contributed by atoms with Gasteiger partial charge in [0.1, 0.15) is 11.5 Å². The molecule has 0 N–H and O–H groups in total. The standard InChI is InChI=1S/C28H28BrN3O2/c1-33-26-10-6-5-9-22(26)24-18-25-23-17-21(29)11-12-27(23)34-28(32(25)30-24)13-15-31(16-14-28)19-20-7-3-2-4-8-20/h2-12,17,25H,13-16,18-19H2,1H3/t25-/m0/s1. The van der Waals surface area contributed by atoms with Gasteiger partial charge in [-0.3, -0.25) is 4.90 Å². The van der Waals surface area contributed by atoms with Crippen LogP contribution in [0.25, 0.3) is 0 Å². The van der Waals surface area contributed by atoms with Gasteiger partial charge >= 0.3 is 0 Å². The van der Waals surface area contributed by atoms with Gasteiger partial charge < -0.3 is 9.47 Å². The summed E-state index contributed by atoms with van der Waals surface area (Å²) in [4.78, 5) is 2.52. The molecule has 1 fully saturated rings. The van der Waals surface area contributed by atoms with Gasteiger partial charge in [0.15, 0.2) is 0 Å². The zero-order valence-electron chi connectivity index (χ0n) is 19.3. The van der Waals surface area contributed by atoms with Crippen LogP contribution in [0, 0.1) is 0 Å². The van der Waals surface area contributed by atoms with Crippen LogP contribution in [0.5, 0.6) is 11.5 Å². The molecule has 3 aromatic carbocycles. The van der Waals surface area contributed by atoms with Crippen molar-refractivity contribution in [3.05, 3.63) is 94.0 Å². The molecule has 0 saturated carbocycles. The molecule has 6 rings (SSSR count). The van der Waals surface area contributed by atoms with Gasteiger partial charge in [-0.05, 0) is 35.9 Å². The van der Waals surface area contributed by atoms with Gasteiger partial charge in [-0.15, -0.1) is 0 Å². The molecule has 1 saturated heterocycles. The van der Waals surface area contributed by atoms with Crippen molar-refractivity contribution in [2.75, 3.05) is 20.2 Å². The third kappa shape index (κ3) is 3.79. The third-order valence-electron chi connectivity index (χ3n) is 7.26. The molecule has 0 unspecified atom stereocenters. The molecular weight excluding hydrogens is 490 g/mol. The number of rotatable bonds is 4. The lowest BCUT2D eigenvalue weighted by molar-refractivity contribution is -0.150. The molecule has 3 heterocycles. The summed E-state index contributed by atoms with van der Waals surface area (Å²) in [7, 11) is 1.72. The maximum Gasteiger partial charge on any atom is 0.200 e. The Hall–Kier alpha value is -2.83. The Bertz CT molecular complexity index is 1220. The molecule has 6 heteroatoms. The fourth-order valence-electron chi connectivity index (χ4n) is 5.53. The first-order chi connectivity index (χ1) is 16.6. The van der Waals surface area contributed by atoms with Crippen LogP contribution in [0.4, 0.5) is 0 Å². The minimum absolute atomic E-state index is 0.154. The maximum absolute atomic E-state index is 6.81. The van der Waals surface area contributed by atoms with Crippen molar-refractivity contribution < 1.29 is 9.47 Å². The number of piperidine rings is 1. The van der Waals surface area contributed by atoms with Crippen LogP contribution in [0.3, 0.4) is 0 Å². The van der Waals surface area contributed by atoms with Crippen LogP contribution >= 0.6 is 15.9 Å². The van der Waals surface area contributed by atoms with Crippen LogP contribution < -0.4 is 9.47 Å². The third-order valence-corrected chi connectivity index (χ3v) is 7.76. The van der Waals surface area contributed by atoms with Gasteiger partial charge in [0.25, 0.3) is 0 Å². The van der Waals surface area contributed by atoms with Crippen molar-refractivity contribution in [3.63, 3.8) is 0 Å². The zero-order chi connectivity index (χ0) is 23.1. The molecule has 3 aromatic rings. The summed E-state index contributed by atoms with van der Waals surface area (Å²) in [6.45, 7) is 2.92. The first-order valence-electron chi connectivity index (χ1n) is 11.9. The summed E-state index contributed by atoms with van der Waals surface area (Å²) in [6.07, 6.45) is 2.66. The normalized spacial score (nSPS) is 20.9. The van der Waals surface area contributed by atoms with E-state index in [4.69, 9.17) is 14.6 Å². The van der Waals surface area contributed by atoms with E-state index in [9.17, 15) is 0 Å². The lowest BCUT2D eigenvalue weighted by Crippen LogP contribution is -2.59. The molecule has 34 heavy (non-hydrogen) atoms. The van der Waals surface area contributed by atoms with Crippen LogP contribution in [-0.4, -0.2) is 41.5 Å². The second-order valence-corrected chi connectivity index (χ2v) is 10.2. The predicted octanol–water partition coefficient (Wildman–Crippen LogP) is 5.99. The molecule has 0 radical (unpaired) electrons. The summed E-state index contributed by atoms with van der Waals surface area (Å²) in [5.74, 6) is 1.85. The Kier molecular flexibility index (Phi) is 5.58. The maximum atomic E-state index is 6.81. The fraction of sp³-hybridized carbons (Fsp3) is 0.321. The lowest BCUT2D eigenvalue weighted by atomic mass is 9.90. The van der Waals surface area contributed by atoms with E-state index in [1.165, 1.54) is 11.1 Å². The van der Waals surface area contributed by atoms with Crippen molar-refractivity contribution in [1.82, 2.24) is 9.91 Å². The van der Waals surface area contributed by atoms with Crippen molar-refractivity contribution in [3.8, 4) is 11.5 Å². The number of para-hydroxylation sites is 1. The smallest absolute Gasteiger partial charge is 0.200 e. The van der Waals surface area contributed by atoms with Crippen molar-refractivity contribution in [1.29, 1.82) is 0 Å². The highest BCUT2D eigenvalue weighted by atomic mass is 79.9. The Morgan fingerprint density at radius 3 is 2.59 bits per heavy atom. The quantitative estimate of drug-likeness (QED) is 0.425. The van der Waals surface area contributed by atoms with Crippen molar-refractivity contribution >= 4 is 21.6 Å². The molecule has 174 valence electrons. The van der Waals surface area contributed by atoms with E-state index in [1.54, 1.807) is 7.11 Å². The summed E-state index contributed by atoms with van der Waals surface area (Å²) in [5, 5.41) is 7.48. The summed E-state index contributed by atoms with van der Waals surface area (Å²) in [6, 6.07) is 25.4. The summed E-state index contributed by atoms with van der Waals surface area (Å²) in [5.41, 5.74) is 4.24. The van der Waals surface area contributed by atoms with Crippen LogP contribution in [-0.2, 0) is 6.54 Å². The molecule has 3 aliphatic rings. The van der Waals surface area contributed by atoms with Crippen LogP contribution in [0.1, 0.15) is 42.0 Å². The number of hydrogen-bond donors (Lipinski definition) is 0. The SMILES string of the molecule is COc1ccccc1C1=NN2[C@@H](C1)c1cc(Br)ccc1OC21CCN(Cc2ccccc2)CC1. The molecular formula is C28H28BrN3O2. The zero-order valence-corrected chi connectivity index (χ0v) is 20.9. The van der Waals surface area contributed by atoms with Crippen LogP contribution in [0.2, 0.25) is 0 Å². The summed E-state index contributed by atoms with van der Waals surface area (Å²) < 4.78 is 13.5. The number of hydrogen-bond acceptors (Lipinski definition) is 5.